The van der Waals surface area contributed by atoms with Gasteiger partial charge in [-0.05, 0) is 64.5 Å². The fraction of sp³-hybridized carbons (Fsp3) is 0.647. The van der Waals surface area contributed by atoms with Gasteiger partial charge in [-0.1, -0.05) is 23.7 Å². The van der Waals surface area contributed by atoms with Crippen LogP contribution in [0.5, 0.6) is 0 Å². The molecule has 0 aliphatic heterocycles. The predicted octanol–water partition coefficient (Wildman–Crippen LogP) is 3.18. The Morgan fingerprint density at radius 3 is 2.52 bits per heavy atom. The first-order chi connectivity index (χ1) is 9.93. The quantitative estimate of drug-likeness (QED) is 0.838. The molecule has 118 valence electrons. The lowest BCUT2D eigenvalue weighted by molar-refractivity contribution is 0.0239. The van der Waals surface area contributed by atoms with Crippen LogP contribution < -0.4 is 0 Å². The highest BCUT2D eigenvalue weighted by molar-refractivity contribution is 6.30. The highest BCUT2D eigenvalue weighted by Crippen LogP contribution is 2.36. The van der Waals surface area contributed by atoms with Crippen LogP contribution in [-0.2, 0) is 0 Å². The molecule has 4 heteroatoms. The highest BCUT2D eigenvalue weighted by atomic mass is 35.5. The van der Waals surface area contributed by atoms with E-state index in [1.54, 1.807) is 0 Å². The summed E-state index contributed by atoms with van der Waals surface area (Å²) >= 11 is 5.97. The topological polar surface area (TPSA) is 26.7 Å². The van der Waals surface area contributed by atoms with E-state index in [1.807, 2.05) is 24.3 Å². The molecule has 0 saturated heterocycles. The number of aliphatic hydroxyl groups excluding tert-OH is 1. The first-order valence-corrected chi connectivity index (χ1v) is 8.10. The van der Waals surface area contributed by atoms with Crippen LogP contribution in [0, 0.1) is 0 Å². The first-order valence-electron chi connectivity index (χ1n) is 7.72. The van der Waals surface area contributed by atoms with Crippen LogP contribution in [0.25, 0.3) is 0 Å². The number of rotatable bonds is 7. The lowest BCUT2D eigenvalue weighted by atomic mass is 9.75. The van der Waals surface area contributed by atoms with E-state index < -0.39 is 6.10 Å². The fourth-order valence-electron chi connectivity index (χ4n) is 3.14. The minimum Gasteiger partial charge on any atom is -0.388 e. The summed E-state index contributed by atoms with van der Waals surface area (Å²) < 4.78 is 0. The summed E-state index contributed by atoms with van der Waals surface area (Å²) in [6.45, 7) is 1.96. The second-order valence-corrected chi connectivity index (χ2v) is 7.01. The molecule has 1 aliphatic rings. The van der Waals surface area contributed by atoms with Crippen LogP contribution in [0.2, 0.25) is 5.02 Å². The van der Waals surface area contributed by atoms with Gasteiger partial charge >= 0.3 is 0 Å². The van der Waals surface area contributed by atoms with Gasteiger partial charge in [0.1, 0.15) is 0 Å². The molecule has 0 radical (unpaired) electrons. The molecule has 0 bridgehead atoms. The third-order valence-electron chi connectivity index (χ3n) is 4.81. The molecule has 1 aromatic rings. The van der Waals surface area contributed by atoms with E-state index >= 15 is 0 Å². The lowest BCUT2D eigenvalue weighted by Crippen LogP contribution is -2.56. The van der Waals surface area contributed by atoms with Crippen molar-refractivity contribution in [3.05, 3.63) is 34.9 Å². The molecule has 0 heterocycles. The number of halogens is 1. The van der Waals surface area contributed by atoms with Crippen molar-refractivity contribution in [1.82, 2.24) is 9.80 Å². The molecule has 0 amide bonds. The van der Waals surface area contributed by atoms with Gasteiger partial charge < -0.3 is 14.9 Å². The largest absolute Gasteiger partial charge is 0.388 e. The summed E-state index contributed by atoms with van der Waals surface area (Å²) in [6, 6.07) is 7.50. The molecule has 3 nitrogen and oxygen atoms in total. The summed E-state index contributed by atoms with van der Waals surface area (Å²) in [5.41, 5.74) is 1.25. The van der Waals surface area contributed by atoms with Gasteiger partial charge in [-0.3, -0.25) is 0 Å². The molecule has 0 spiro atoms. The van der Waals surface area contributed by atoms with Crippen molar-refractivity contribution in [3.63, 3.8) is 0 Å². The standard InChI is InChI=1S/C17H27ClN2O/c1-19(2)17(9-5-10-17)13-20(3)11-8-16(21)14-6-4-7-15(18)12-14/h4,6-7,12,16,21H,5,8-11,13H2,1-3H3. The van der Waals surface area contributed by atoms with E-state index in [9.17, 15) is 5.11 Å². The molecule has 1 aromatic carbocycles. The third-order valence-corrected chi connectivity index (χ3v) is 5.05. The molecule has 21 heavy (non-hydrogen) atoms. The lowest BCUT2D eigenvalue weighted by Gasteiger charge is -2.49. The number of hydrogen-bond acceptors (Lipinski definition) is 3. The van der Waals surface area contributed by atoms with Crippen molar-refractivity contribution in [2.24, 2.45) is 0 Å². The Hall–Kier alpha value is -0.610. The van der Waals surface area contributed by atoms with Gasteiger partial charge in [-0.15, -0.1) is 0 Å². The molecule has 1 unspecified atom stereocenters. The zero-order valence-electron chi connectivity index (χ0n) is 13.3. The highest BCUT2D eigenvalue weighted by Gasteiger charge is 2.39. The molecule has 1 saturated carbocycles. The fourth-order valence-corrected chi connectivity index (χ4v) is 3.34. The Labute approximate surface area is 133 Å². The zero-order valence-corrected chi connectivity index (χ0v) is 14.1. The van der Waals surface area contributed by atoms with Crippen molar-refractivity contribution in [2.45, 2.75) is 37.3 Å². The molecular formula is C17H27ClN2O. The number of hydrogen-bond donors (Lipinski definition) is 1. The molecule has 2 rings (SSSR count). The third kappa shape index (κ3) is 4.19. The van der Waals surface area contributed by atoms with Crippen LogP contribution in [0.1, 0.15) is 37.4 Å². The maximum atomic E-state index is 10.3. The van der Waals surface area contributed by atoms with Crippen molar-refractivity contribution in [3.8, 4) is 0 Å². The van der Waals surface area contributed by atoms with Gasteiger partial charge in [0.05, 0.1) is 6.10 Å². The van der Waals surface area contributed by atoms with Gasteiger partial charge in [0, 0.05) is 23.7 Å². The molecule has 1 atom stereocenters. The van der Waals surface area contributed by atoms with E-state index in [-0.39, 0.29) is 0 Å². The second-order valence-electron chi connectivity index (χ2n) is 6.57. The van der Waals surface area contributed by atoms with Crippen LogP contribution in [0.4, 0.5) is 0 Å². The van der Waals surface area contributed by atoms with E-state index in [0.29, 0.717) is 10.6 Å². The number of nitrogens with zero attached hydrogens (tertiary/aromatic N) is 2. The molecular weight excluding hydrogens is 284 g/mol. The Bertz CT molecular complexity index is 460. The summed E-state index contributed by atoms with van der Waals surface area (Å²) in [6.07, 6.45) is 4.18. The van der Waals surface area contributed by atoms with Crippen molar-refractivity contribution in [2.75, 3.05) is 34.2 Å². The summed E-state index contributed by atoms with van der Waals surface area (Å²) in [5.74, 6) is 0. The summed E-state index contributed by atoms with van der Waals surface area (Å²) in [5, 5.41) is 11.0. The Kier molecular flexibility index (Phi) is 5.67. The Balaban J connectivity index is 1.82. The van der Waals surface area contributed by atoms with Gasteiger partial charge in [-0.2, -0.15) is 0 Å². The smallest absolute Gasteiger partial charge is 0.0802 e. The number of aliphatic hydroxyl groups is 1. The minimum absolute atomic E-state index is 0.343. The average Bonchev–Trinajstić information content (AvgIpc) is 2.39. The van der Waals surface area contributed by atoms with Crippen LogP contribution >= 0.6 is 11.6 Å². The molecule has 1 fully saturated rings. The summed E-state index contributed by atoms with van der Waals surface area (Å²) in [7, 11) is 6.50. The average molecular weight is 311 g/mol. The van der Waals surface area contributed by atoms with Crippen LogP contribution in [0.3, 0.4) is 0 Å². The predicted molar refractivity (Wildman–Crippen MR) is 88.8 cm³/mol. The number of likely N-dealkylation sites (N-methyl/N-ethyl adjacent to an activating group) is 2. The maximum Gasteiger partial charge on any atom is 0.0802 e. The SMILES string of the molecule is CN(CCC(O)c1cccc(Cl)c1)CC1(N(C)C)CCC1. The van der Waals surface area contributed by atoms with E-state index in [1.165, 1.54) is 19.3 Å². The van der Waals surface area contributed by atoms with E-state index in [0.717, 1.165) is 25.1 Å². The number of benzene rings is 1. The van der Waals surface area contributed by atoms with E-state index in [2.05, 4.69) is 30.9 Å². The second kappa shape index (κ2) is 7.10. The Morgan fingerprint density at radius 2 is 2.00 bits per heavy atom. The Morgan fingerprint density at radius 1 is 1.29 bits per heavy atom. The minimum atomic E-state index is -0.442. The van der Waals surface area contributed by atoms with Crippen LogP contribution in [0.15, 0.2) is 24.3 Å². The van der Waals surface area contributed by atoms with Crippen LogP contribution in [-0.4, -0.2) is 54.7 Å². The maximum absolute atomic E-state index is 10.3. The van der Waals surface area contributed by atoms with Crippen molar-refractivity contribution >= 4 is 11.6 Å². The van der Waals surface area contributed by atoms with Crippen molar-refractivity contribution < 1.29 is 5.11 Å². The van der Waals surface area contributed by atoms with Gasteiger partial charge in [0.2, 0.25) is 0 Å². The van der Waals surface area contributed by atoms with Gasteiger partial charge in [-0.25, -0.2) is 0 Å². The van der Waals surface area contributed by atoms with Crippen molar-refractivity contribution in [1.29, 1.82) is 0 Å². The molecule has 0 aromatic heterocycles. The summed E-state index contributed by atoms with van der Waals surface area (Å²) in [4.78, 5) is 4.70. The molecule has 1 N–H and O–H groups in total. The van der Waals surface area contributed by atoms with E-state index in [4.69, 9.17) is 11.6 Å². The normalized spacial score (nSPS) is 18.8. The molecule has 1 aliphatic carbocycles. The zero-order chi connectivity index (χ0) is 15.5. The first kappa shape index (κ1) is 16.8. The van der Waals surface area contributed by atoms with Gasteiger partial charge in [0.25, 0.3) is 0 Å². The van der Waals surface area contributed by atoms with Gasteiger partial charge in [0.15, 0.2) is 0 Å². The monoisotopic (exact) mass is 310 g/mol.